The molecule has 0 N–H and O–H groups in total. The van der Waals surface area contributed by atoms with Crippen molar-refractivity contribution in [3.63, 3.8) is 0 Å². The number of fused-ring (bicyclic) bond motifs is 1. The molecule has 154 valence electrons. The van der Waals surface area contributed by atoms with Crippen molar-refractivity contribution in [2.24, 2.45) is 0 Å². The Hall–Kier alpha value is -4.06. The number of carbonyl (C=O) groups excluding carboxylic acids is 4. The second-order valence-electron chi connectivity index (χ2n) is 7.09. The molecule has 6 heteroatoms. The summed E-state index contributed by atoms with van der Waals surface area (Å²) in [6.45, 7) is 1.66. The van der Waals surface area contributed by atoms with E-state index in [0.29, 0.717) is 22.4 Å². The number of aryl methyl sites for hydroxylation is 1. The molecule has 0 saturated heterocycles. The summed E-state index contributed by atoms with van der Waals surface area (Å²) in [5, 5.41) is 0. The topological polar surface area (TPSA) is 80.8 Å². The Morgan fingerprint density at radius 3 is 1.87 bits per heavy atom. The molecule has 0 bridgehead atoms. The fourth-order valence-corrected chi connectivity index (χ4v) is 3.39. The van der Waals surface area contributed by atoms with Gasteiger partial charge in [0.2, 0.25) is 0 Å². The highest BCUT2D eigenvalue weighted by Crippen LogP contribution is 2.28. The molecule has 1 aliphatic rings. The zero-order valence-electron chi connectivity index (χ0n) is 16.8. The number of hydrogen-bond acceptors (Lipinski definition) is 5. The van der Waals surface area contributed by atoms with Crippen LogP contribution in [0.4, 0.5) is 5.69 Å². The van der Waals surface area contributed by atoms with Gasteiger partial charge in [-0.15, -0.1) is 0 Å². The van der Waals surface area contributed by atoms with Crippen molar-refractivity contribution in [2.45, 2.75) is 13.3 Å². The zero-order valence-corrected chi connectivity index (χ0v) is 16.8. The van der Waals surface area contributed by atoms with Crippen LogP contribution in [0.5, 0.6) is 0 Å². The van der Waals surface area contributed by atoms with Crippen LogP contribution in [-0.4, -0.2) is 30.2 Å². The summed E-state index contributed by atoms with van der Waals surface area (Å²) in [6, 6.07) is 19.7. The molecule has 1 heterocycles. The van der Waals surface area contributed by atoms with E-state index in [0.717, 1.165) is 16.9 Å². The van der Waals surface area contributed by atoms with Crippen molar-refractivity contribution in [1.82, 2.24) is 0 Å². The third kappa shape index (κ3) is 3.88. The van der Waals surface area contributed by atoms with E-state index in [2.05, 4.69) is 0 Å². The molecule has 0 atom stereocenters. The van der Waals surface area contributed by atoms with Gasteiger partial charge < -0.3 is 4.74 Å². The maximum absolute atomic E-state index is 12.6. The van der Waals surface area contributed by atoms with Gasteiger partial charge in [-0.1, -0.05) is 43.3 Å². The van der Waals surface area contributed by atoms with Gasteiger partial charge in [0, 0.05) is 5.56 Å². The van der Waals surface area contributed by atoms with Gasteiger partial charge in [-0.3, -0.25) is 14.4 Å². The highest BCUT2D eigenvalue weighted by Gasteiger charge is 2.36. The second-order valence-corrected chi connectivity index (χ2v) is 7.09. The average Bonchev–Trinajstić information content (AvgIpc) is 3.07. The van der Waals surface area contributed by atoms with Crippen LogP contribution < -0.4 is 4.90 Å². The summed E-state index contributed by atoms with van der Waals surface area (Å²) >= 11 is 0. The maximum Gasteiger partial charge on any atom is 0.338 e. The maximum atomic E-state index is 12.6. The summed E-state index contributed by atoms with van der Waals surface area (Å²) in [7, 11) is 0. The first-order valence-electron chi connectivity index (χ1n) is 9.86. The summed E-state index contributed by atoms with van der Waals surface area (Å²) < 4.78 is 5.12. The molecule has 1 aliphatic heterocycles. The molecule has 0 unspecified atom stereocenters. The first-order chi connectivity index (χ1) is 15.0. The van der Waals surface area contributed by atoms with E-state index in [1.165, 1.54) is 24.3 Å². The van der Waals surface area contributed by atoms with Gasteiger partial charge in [-0.05, 0) is 48.4 Å². The van der Waals surface area contributed by atoms with E-state index in [1.54, 1.807) is 36.4 Å². The molecule has 0 fully saturated rings. The van der Waals surface area contributed by atoms with Crippen molar-refractivity contribution in [1.29, 1.82) is 0 Å². The van der Waals surface area contributed by atoms with Gasteiger partial charge in [-0.2, -0.15) is 0 Å². The predicted molar refractivity (Wildman–Crippen MR) is 114 cm³/mol. The first kappa shape index (κ1) is 20.2. The standard InChI is InChI=1S/C25H19NO5/c1-2-16-7-9-17(10-8-16)22(27)15-31-25(30)18-11-13-19(14-12-18)26-23(28)20-5-3-4-6-21(20)24(26)29/h3-14H,2,15H2,1H3. The van der Waals surface area contributed by atoms with Crippen molar-refractivity contribution in [2.75, 3.05) is 11.5 Å². The quantitative estimate of drug-likeness (QED) is 0.345. The van der Waals surface area contributed by atoms with E-state index >= 15 is 0 Å². The average molecular weight is 413 g/mol. The fraction of sp³-hybridized carbons (Fsp3) is 0.120. The largest absolute Gasteiger partial charge is 0.454 e. The molecule has 31 heavy (non-hydrogen) atoms. The number of esters is 1. The summed E-state index contributed by atoms with van der Waals surface area (Å²) in [5.74, 6) is -1.77. The minimum Gasteiger partial charge on any atom is -0.454 e. The highest BCUT2D eigenvalue weighted by atomic mass is 16.5. The van der Waals surface area contributed by atoms with Crippen molar-refractivity contribution in [3.05, 3.63) is 101 Å². The Labute approximate surface area is 179 Å². The predicted octanol–water partition coefficient (Wildman–Crippen LogP) is 4.09. The molecule has 4 rings (SSSR count). The molecule has 0 radical (unpaired) electrons. The normalized spacial score (nSPS) is 12.6. The Kier molecular flexibility index (Phi) is 5.45. The first-order valence-corrected chi connectivity index (χ1v) is 9.86. The molecule has 6 nitrogen and oxygen atoms in total. The monoisotopic (exact) mass is 413 g/mol. The summed E-state index contributed by atoms with van der Waals surface area (Å²) in [4.78, 5) is 50.7. The van der Waals surface area contributed by atoms with Crippen LogP contribution in [0.3, 0.4) is 0 Å². The Morgan fingerprint density at radius 2 is 1.32 bits per heavy atom. The van der Waals surface area contributed by atoms with Crippen molar-refractivity contribution < 1.29 is 23.9 Å². The SMILES string of the molecule is CCc1ccc(C(=O)COC(=O)c2ccc(N3C(=O)c4ccccc4C3=O)cc2)cc1. The lowest BCUT2D eigenvalue weighted by atomic mass is 10.1. The van der Waals surface area contributed by atoms with Gasteiger partial charge in [0.25, 0.3) is 11.8 Å². The number of imide groups is 1. The van der Waals surface area contributed by atoms with Gasteiger partial charge in [-0.25, -0.2) is 9.69 Å². The van der Waals surface area contributed by atoms with E-state index in [4.69, 9.17) is 4.74 Å². The number of rotatable bonds is 6. The third-order valence-corrected chi connectivity index (χ3v) is 5.17. The summed E-state index contributed by atoms with van der Waals surface area (Å²) in [5.41, 5.74) is 2.87. The number of hydrogen-bond donors (Lipinski definition) is 0. The minimum absolute atomic E-state index is 0.217. The number of anilines is 1. The van der Waals surface area contributed by atoms with Gasteiger partial charge in [0.1, 0.15) is 0 Å². The van der Waals surface area contributed by atoms with Crippen LogP contribution in [0.2, 0.25) is 0 Å². The fourth-order valence-electron chi connectivity index (χ4n) is 3.39. The number of ketones is 1. The van der Waals surface area contributed by atoms with Crippen LogP contribution in [0.15, 0.2) is 72.8 Å². The van der Waals surface area contributed by atoms with Crippen LogP contribution in [-0.2, 0) is 11.2 Å². The Bertz CT molecular complexity index is 1140. The van der Waals surface area contributed by atoms with Crippen molar-refractivity contribution in [3.8, 4) is 0 Å². The lowest BCUT2D eigenvalue weighted by Crippen LogP contribution is -2.29. The van der Waals surface area contributed by atoms with Gasteiger partial charge in [0.05, 0.1) is 22.4 Å². The molecule has 2 amide bonds. The van der Waals surface area contributed by atoms with Crippen LogP contribution >= 0.6 is 0 Å². The van der Waals surface area contributed by atoms with E-state index in [1.807, 2.05) is 19.1 Å². The Morgan fingerprint density at radius 1 is 0.774 bits per heavy atom. The van der Waals surface area contributed by atoms with E-state index < -0.39 is 17.8 Å². The number of benzene rings is 3. The molecule has 0 aromatic heterocycles. The Balaban J connectivity index is 1.41. The molecule has 3 aromatic rings. The number of ether oxygens (including phenoxy) is 1. The van der Waals surface area contributed by atoms with Crippen molar-refractivity contribution >= 4 is 29.3 Å². The van der Waals surface area contributed by atoms with Gasteiger partial charge in [0.15, 0.2) is 12.4 Å². The number of Topliss-reactive ketones (excluding diaryl/α,β-unsaturated/α-hetero) is 1. The van der Waals surface area contributed by atoms with Crippen LogP contribution in [0, 0.1) is 0 Å². The highest BCUT2D eigenvalue weighted by molar-refractivity contribution is 6.34. The van der Waals surface area contributed by atoms with Gasteiger partial charge >= 0.3 is 5.97 Å². The lowest BCUT2D eigenvalue weighted by molar-refractivity contribution is 0.0474. The van der Waals surface area contributed by atoms with E-state index in [-0.39, 0.29) is 18.0 Å². The molecular weight excluding hydrogens is 394 g/mol. The smallest absolute Gasteiger partial charge is 0.338 e. The molecular formula is C25H19NO5. The molecule has 0 saturated carbocycles. The lowest BCUT2D eigenvalue weighted by Gasteiger charge is -2.14. The minimum atomic E-state index is -0.660. The molecule has 0 spiro atoms. The second kappa shape index (κ2) is 8.36. The van der Waals surface area contributed by atoms with Crippen LogP contribution in [0.25, 0.3) is 0 Å². The molecule has 3 aromatic carbocycles. The number of carbonyl (C=O) groups is 4. The zero-order chi connectivity index (χ0) is 22.0. The number of nitrogens with zero attached hydrogens (tertiary/aromatic N) is 1. The molecule has 0 aliphatic carbocycles. The third-order valence-electron chi connectivity index (χ3n) is 5.17. The number of amides is 2. The van der Waals surface area contributed by atoms with E-state index in [9.17, 15) is 19.2 Å². The summed E-state index contributed by atoms with van der Waals surface area (Å²) in [6.07, 6.45) is 0.875. The van der Waals surface area contributed by atoms with Crippen LogP contribution in [0.1, 0.15) is 53.9 Å².